The van der Waals surface area contributed by atoms with Crippen molar-refractivity contribution in [2.75, 3.05) is 23.8 Å². The first-order valence-electron chi connectivity index (χ1n) is 6.00. The lowest BCUT2D eigenvalue weighted by molar-refractivity contribution is -0.385. The van der Waals surface area contributed by atoms with Crippen LogP contribution in [0.3, 0.4) is 0 Å². The monoisotopic (exact) mass is 376 g/mol. The molecule has 108 valence electrons. The Morgan fingerprint density at radius 2 is 2.30 bits per heavy atom. The number of hydrogen-bond donors (Lipinski definition) is 1. The lowest BCUT2D eigenvalue weighted by Gasteiger charge is -2.21. The van der Waals surface area contributed by atoms with Crippen LogP contribution in [-0.4, -0.2) is 39.9 Å². The molecule has 1 aliphatic heterocycles. The van der Waals surface area contributed by atoms with Crippen molar-refractivity contribution in [2.45, 2.75) is 5.25 Å². The standard InChI is InChI=1S/C12H13BrN2O3S2/c13-11-9(2-1-3-10(11)15(17)18)12(16)14-6-8-7-19-4-5-20-8/h1-3,8H,4-7H2,(H,14,16). The minimum atomic E-state index is -0.505. The molecule has 8 heteroatoms. The summed E-state index contributed by atoms with van der Waals surface area (Å²) in [6.07, 6.45) is 0. The molecule has 1 fully saturated rings. The van der Waals surface area contributed by atoms with Crippen molar-refractivity contribution < 1.29 is 9.72 Å². The molecule has 0 spiro atoms. The molecule has 0 aromatic heterocycles. The lowest BCUT2D eigenvalue weighted by atomic mass is 10.2. The van der Waals surface area contributed by atoms with Crippen LogP contribution in [0.5, 0.6) is 0 Å². The minimum absolute atomic E-state index is 0.0970. The molecule has 1 atom stereocenters. The van der Waals surface area contributed by atoms with Gasteiger partial charge in [-0.3, -0.25) is 14.9 Å². The van der Waals surface area contributed by atoms with Gasteiger partial charge >= 0.3 is 0 Å². The lowest BCUT2D eigenvalue weighted by Crippen LogP contribution is -2.33. The first-order valence-corrected chi connectivity index (χ1v) is 8.99. The number of carbonyl (C=O) groups is 1. The van der Waals surface area contributed by atoms with E-state index in [0.29, 0.717) is 17.4 Å². The fourth-order valence-corrected chi connectivity index (χ4v) is 4.99. The molecule has 0 aliphatic carbocycles. The van der Waals surface area contributed by atoms with Gasteiger partial charge in [-0.25, -0.2) is 0 Å². The SMILES string of the molecule is O=C(NCC1CSCCS1)c1cccc([N+](=O)[O-])c1Br. The molecule has 0 bridgehead atoms. The molecule has 1 saturated heterocycles. The second-order valence-corrected chi connectivity index (χ2v) is 7.52. The molecule has 1 aromatic rings. The van der Waals surface area contributed by atoms with E-state index in [1.54, 1.807) is 6.07 Å². The van der Waals surface area contributed by atoms with Gasteiger partial charge in [0, 0.05) is 35.1 Å². The van der Waals surface area contributed by atoms with Gasteiger partial charge in [0.05, 0.1) is 10.5 Å². The van der Waals surface area contributed by atoms with Crippen molar-refractivity contribution >= 4 is 51.0 Å². The summed E-state index contributed by atoms with van der Waals surface area (Å²) in [6, 6.07) is 4.46. The van der Waals surface area contributed by atoms with Crippen molar-refractivity contribution in [3.63, 3.8) is 0 Å². The first kappa shape index (κ1) is 15.7. The highest BCUT2D eigenvalue weighted by Gasteiger charge is 2.21. The molecule has 2 rings (SSSR count). The quantitative estimate of drug-likeness (QED) is 0.645. The molecule has 1 N–H and O–H groups in total. The van der Waals surface area contributed by atoms with Gasteiger partial charge in [-0.15, -0.1) is 0 Å². The summed E-state index contributed by atoms with van der Waals surface area (Å²) in [6.45, 7) is 0.589. The van der Waals surface area contributed by atoms with E-state index < -0.39 is 4.92 Å². The van der Waals surface area contributed by atoms with Gasteiger partial charge < -0.3 is 5.32 Å². The Labute approximate surface area is 133 Å². The first-order chi connectivity index (χ1) is 9.59. The van der Waals surface area contributed by atoms with Crippen LogP contribution in [-0.2, 0) is 0 Å². The van der Waals surface area contributed by atoms with E-state index in [2.05, 4.69) is 21.2 Å². The third kappa shape index (κ3) is 3.89. The molecule has 1 aliphatic rings. The van der Waals surface area contributed by atoms with Gasteiger partial charge in [-0.1, -0.05) is 6.07 Å². The number of nitro benzene ring substituents is 1. The summed E-state index contributed by atoms with van der Waals surface area (Å²) in [5.74, 6) is 3.01. The number of rotatable bonds is 4. The molecule has 1 amide bonds. The van der Waals surface area contributed by atoms with E-state index in [9.17, 15) is 14.9 Å². The molecule has 5 nitrogen and oxygen atoms in total. The van der Waals surface area contributed by atoms with Crippen molar-refractivity contribution in [2.24, 2.45) is 0 Å². The highest BCUT2D eigenvalue weighted by Crippen LogP contribution is 2.28. The second kappa shape index (κ2) is 7.33. The number of thioether (sulfide) groups is 2. The molecular formula is C12H13BrN2O3S2. The van der Waals surface area contributed by atoms with Gasteiger partial charge in [0.25, 0.3) is 11.6 Å². The van der Waals surface area contributed by atoms with E-state index >= 15 is 0 Å². The van der Waals surface area contributed by atoms with E-state index in [0.717, 1.165) is 17.3 Å². The Bertz CT molecular complexity index is 521. The number of hydrogen-bond acceptors (Lipinski definition) is 5. The average molecular weight is 377 g/mol. The maximum Gasteiger partial charge on any atom is 0.284 e. The topological polar surface area (TPSA) is 72.2 Å². The zero-order chi connectivity index (χ0) is 14.5. The van der Waals surface area contributed by atoms with Crippen LogP contribution in [0, 0.1) is 10.1 Å². The summed E-state index contributed by atoms with van der Waals surface area (Å²) < 4.78 is 0.230. The number of carbonyl (C=O) groups excluding carboxylic acids is 1. The summed E-state index contributed by atoms with van der Waals surface area (Å²) in [5, 5.41) is 14.1. The molecule has 0 radical (unpaired) electrons. The molecule has 1 aromatic carbocycles. The summed E-state index contributed by atoms with van der Waals surface area (Å²) in [4.78, 5) is 22.4. The van der Waals surface area contributed by atoms with Gasteiger partial charge in [-0.2, -0.15) is 23.5 Å². The van der Waals surface area contributed by atoms with Crippen LogP contribution >= 0.6 is 39.5 Å². The van der Waals surface area contributed by atoms with Gasteiger partial charge in [-0.05, 0) is 22.0 Å². The zero-order valence-electron chi connectivity index (χ0n) is 10.5. The average Bonchev–Trinajstić information content (AvgIpc) is 2.46. The number of halogens is 1. The van der Waals surface area contributed by atoms with Crippen molar-refractivity contribution in [1.82, 2.24) is 5.32 Å². The number of amides is 1. The van der Waals surface area contributed by atoms with Crippen molar-refractivity contribution in [3.8, 4) is 0 Å². The summed E-state index contributed by atoms with van der Waals surface area (Å²) >= 11 is 6.88. The second-order valence-electron chi connectivity index (χ2n) is 4.17. The number of benzene rings is 1. The Hall–Kier alpha value is -0.730. The normalized spacial score (nSPS) is 18.6. The predicted molar refractivity (Wildman–Crippen MR) is 86.7 cm³/mol. The molecule has 0 saturated carbocycles. The maximum atomic E-state index is 12.1. The number of nitrogens with zero attached hydrogens (tertiary/aromatic N) is 1. The molecule has 1 unspecified atom stereocenters. The fraction of sp³-hybridized carbons (Fsp3) is 0.417. The van der Waals surface area contributed by atoms with E-state index in [4.69, 9.17) is 0 Å². The van der Waals surface area contributed by atoms with Crippen LogP contribution < -0.4 is 5.32 Å². The van der Waals surface area contributed by atoms with Crippen LogP contribution in [0.15, 0.2) is 22.7 Å². The van der Waals surface area contributed by atoms with Gasteiger partial charge in [0.15, 0.2) is 0 Å². The van der Waals surface area contributed by atoms with Crippen LogP contribution in [0.25, 0.3) is 0 Å². The maximum absolute atomic E-state index is 12.1. The summed E-state index contributed by atoms with van der Waals surface area (Å²) in [7, 11) is 0. The van der Waals surface area contributed by atoms with Crippen molar-refractivity contribution in [3.05, 3.63) is 38.3 Å². The minimum Gasteiger partial charge on any atom is -0.351 e. The third-order valence-electron chi connectivity index (χ3n) is 2.79. The van der Waals surface area contributed by atoms with E-state index in [1.165, 1.54) is 12.1 Å². The molecule has 20 heavy (non-hydrogen) atoms. The van der Waals surface area contributed by atoms with Gasteiger partial charge in [0.2, 0.25) is 0 Å². The smallest absolute Gasteiger partial charge is 0.284 e. The van der Waals surface area contributed by atoms with Gasteiger partial charge in [0.1, 0.15) is 4.47 Å². The van der Waals surface area contributed by atoms with E-state index in [-0.39, 0.29) is 16.1 Å². The van der Waals surface area contributed by atoms with Crippen LogP contribution in [0.1, 0.15) is 10.4 Å². The van der Waals surface area contributed by atoms with Crippen LogP contribution in [0.4, 0.5) is 5.69 Å². The van der Waals surface area contributed by atoms with E-state index in [1.807, 2.05) is 23.5 Å². The largest absolute Gasteiger partial charge is 0.351 e. The highest BCUT2D eigenvalue weighted by atomic mass is 79.9. The zero-order valence-corrected chi connectivity index (χ0v) is 13.7. The third-order valence-corrected chi connectivity index (χ3v) is 6.47. The predicted octanol–water partition coefficient (Wildman–Crippen LogP) is 2.94. The highest BCUT2D eigenvalue weighted by molar-refractivity contribution is 9.10. The molecular weight excluding hydrogens is 364 g/mol. The number of nitrogens with one attached hydrogen (secondary N) is 1. The Morgan fingerprint density at radius 1 is 1.50 bits per heavy atom. The van der Waals surface area contributed by atoms with Crippen LogP contribution in [0.2, 0.25) is 0 Å². The number of nitro groups is 1. The molecule has 1 heterocycles. The van der Waals surface area contributed by atoms with Crippen molar-refractivity contribution in [1.29, 1.82) is 0 Å². The fourth-order valence-electron chi connectivity index (χ4n) is 1.79. The summed E-state index contributed by atoms with van der Waals surface area (Å²) in [5.41, 5.74) is 0.202. The Balaban J connectivity index is 2.01. The Morgan fingerprint density at radius 3 is 2.95 bits per heavy atom. The Kier molecular flexibility index (Phi) is 5.74.